The molecule has 0 unspecified atom stereocenters. The second kappa shape index (κ2) is 10.6. The second-order valence-corrected chi connectivity index (χ2v) is 9.67. The summed E-state index contributed by atoms with van der Waals surface area (Å²) >= 11 is 1.47. The standard InChI is InChI=1S/C29H29N3O4S/c1-4-36-21-15-13-20(14-16-21)32-25(33)18-37-29-26(22-10-6-7-11-23(22)31(29)2)27(32)28(34)30-17-19-9-5-8-12-24(19)35-3/h5-16,27H,4,17-18H2,1-3H3,(H,30,34)/t27-/m1/s1. The Bertz CT molecular complexity index is 1450. The molecule has 3 aromatic carbocycles. The zero-order chi connectivity index (χ0) is 25.9. The molecule has 0 bridgehead atoms. The molecule has 8 heteroatoms. The van der Waals surface area contributed by atoms with Crippen molar-refractivity contribution in [2.24, 2.45) is 7.05 Å². The molecular formula is C29H29N3O4S. The SMILES string of the molecule is CCOc1ccc(N2C(=O)CSc3c(c4ccccc4n3C)[C@@H]2C(=O)NCc2ccccc2OC)cc1. The highest BCUT2D eigenvalue weighted by Crippen LogP contribution is 2.43. The first-order valence-corrected chi connectivity index (χ1v) is 13.2. The van der Waals surface area contributed by atoms with Crippen molar-refractivity contribution < 1.29 is 19.1 Å². The van der Waals surface area contributed by atoms with Crippen LogP contribution in [0.15, 0.2) is 77.8 Å². The number of carbonyl (C=O) groups excluding carboxylic acids is 2. The molecular weight excluding hydrogens is 486 g/mol. The normalized spacial score (nSPS) is 15.3. The Morgan fingerprint density at radius 3 is 2.54 bits per heavy atom. The zero-order valence-electron chi connectivity index (χ0n) is 21.1. The number of nitrogens with one attached hydrogen (secondary N) is 1. The lowest BCUT2D eigenvalue weighted by Crippen LogP contribution is -2.43. The molecule has 0 radical (unpaired) electrons. The van der Waals surface area contributed by atoms with Crippen LogP contribution in [0.25, 0.3) is 10.9 Å². The van der Waals surface area contributed by atoms with Gasteiger partial charge in [0.05, 0.1) is 24.5 Å². The van der Waals surface area contributed by atoms with Crippen molar-refractivity contribution in [3.05, 3.63) is 83.9 Å². The summed E-state index contributed by atoms with van der Waals surface area (Å²) < 4.78 is 13.1. The smallest absolute Gasteiger partial charge is 0.248 e. The van der Waals surface area contributed by atoms with E-state index in [2.05, 4.69) is 9.88 Å². The van der Waals surface area contributed by atoms with Crippen molar-refractivity contribution in [3.8, 4) is 11.5 Å². The maximum atomic E-state index is 14.0. The first-order valence-electron chi connectivity index (χ1n) is 12.2. The number of fused-ring (bicyclic) bond motifs is 3. The molecule has 37 heavy (non-hydrogen) atoms. The van der Waals surface area contributed by atoms with Gasteiger partial charge in [0.25, 0.3) is 0 Å². The topological polar surface area (TPSA) is 72.8 Å². The second-order valence-electron chi connectivity index (χ2n) is 8.71. The van der Waals surface area contributed by atoms with Gasteiger partial charge in [-0.05, 0) is 43.3 Å². The van der Waals surface area contributed by atoms with E-state index in [-0.39, 0.29) is 24.1 Å². The van der Waals surface area contributed by atoms with Crippen molar-refractivity contribution in [3.63, 3.8) is 0 Å². The Labute approximate surface area is 220 Å². The van der Waals surface area contributed by atoms with E-state index in [9.17, 15) is 9.59 Å². The molecule has 2 heterocycles. The van der Waals surface area contributed by atoms with Crippen LogP contribution in [-0.2, 0) is 23.2 Å². The van der Waals surface area contributed by atoms with Gasteiger partial charge in [0.15, 0.2) is 0 Å². The van der Waals surface area contributed by atoms with Gasteiger partial charge in [-0.25, -0.2) is 0 Å². The average Bonchev–Trinajstić information content (AvgIpc) is 3.10. The van der Waals surface area contributed by atoms with Crippen LogP contribution < -0.4 is 19.7 Å². The quantitative estimate of drug-likeness (QED) is 0.372. The zero-order valence-corrected chi connectivity index (χ0v) is 21.9. The summed E-state index contributed by atoms with van der Waals surface area (Å²) in [7, 11) is 3.59. The predicted molar refractivity (Wildman–Crippen MR) is 146 cm³/mol. The first-order chi connectivity index (χ1) is 18.0. The molecule has 1 atom stereocenters. The number of aromatic nitrogens is 1. The van der Waals surface area contributed by atoms with Crippen molar-refractivity contribution in [1.29, 1.82) is 0 Å². The largest absolute Gasteiger partial charge is 0.496 e. The van der Waals surface area contributed by atoms with Gasteiger partial charge in [0.2, 0.25) is 11.8 Å². The van der Waals surface area contributed by atoms with Gasteiger partial charge < -0.3 is 19.4 Å². The summed E-state index contributed by atoms with van der Waals surface area (Å²) in [6.07, 6.45) is 0. The predicted octanol–water partition coefficient (Wildman–Crippen LogP) is 5.08. The molecule has 4 aromatic rings. The highest BCUT2D eigenvalue weighted by Gasteiger charge is 2.39. The number of anilines is 1. The van der Waals surface area contributed by atoms with E-state index < -0.39 is 6.04 Å². The Morgan fingerprint density at radius 1 is 1.05 bits per heavy atom. The minimum Gasteiger partial charge on any atom is -0.496 e. The fourth-order valence-electron chi connectivity index (χ4n) is 4.85. The van der Waals surface area contributed by atoms with Crippen LogP contribution >= 0.6 is 11.8 Å². The van der Waals surface area contributed by atoms with Gasteiger partial charge in [-0.1, -0.05) is 48.2 Å². The van der Waals surface area contributed by atoms with Crippen molar-refractivity contribution >= 4 is 40.2 Å². The van der Waals surface area contributed by atoms with Gasteiger partial charge in [-0.2, -0.15) is 0 Å². The highest BCUT2D eigenvalue weighted by atomic mass is 32.2. The van der Waals surface area contributed by atoms with Gasteiger partial charge in [-0.15, -0.1) is 0 Å². The minimum absolute atomic E-state index is 0.133. The van der Waals surface area contributed by atoms with E-state index in [4.69, 9.17) is 9.47 Å². The fraction of sp³-hybridized carbons (Fsp3) is 0.241. The summed E-state index contributed by atoms with van der Waals surface area (Å²) in [5.74, 6) is 1.25. The molecule has 0 spiro atoms. The van der Waals surface area contributed by atoms with Crippen LogP contribution in [0.5, 0.6) is 11.5 Å². The summed E-state index contributed by atoms with van der Waals surface area (Å²) in [5.41, 5.74) is 3.36. The third-order valence-corrected chi connectivity index (χ3v) is 7.70. The number of carbonyl (C=O) groups is 2. The molecule has 1 aliphatic rings. The molecule has 2 amide bonds. The summed E-state index contributed by atoms with van der Waals surface area (Å²) in [5, 5.41) is 4.95. The number of hydrogen-bond donors (Lipinski definition) is 1. The van der Waals surface area contributed by atoms with Gasteiger partial charge in [-0.3, -0.25) is 14.5 Å². The third-order valence-electron chi connectivity index (χ3n) is 6.54. The Morgan fingerprint density at radius 2 is 1.78 bits per heavy atom. The third kappa shape index (κ3) is 4.64. The van der Waals surface area contributed by atoms with E-state index in [1.54, 1.807) is 12.0 Å². The molecule has 0 fully saturated rings. The number of amides is 2. The van der Waals surface area contributed by atoms with Crippen LogP contribution in [0.2, 0.25) is 0 Å². The van der Waals surface area contributed by atoms with E-state index in [1.807, 2.05) is 86.8 Å². The lowest BCUT2D eigenvalue weighted by atomic mass is 10.0. The van der Waals surface area contributed by atoms with Crippen molar-refractivity contribution in [1.82, 2.24) is 9.88 Å². The molecule has 1 aliphatic heterocycles. The van der Waals surface area contributed by atoms with Gasteiger partial charge in [0.1, 0.15) is 17.5 Å². The van der Waals surface area contributed by atoms with E-state index in [1.165, 1.54) is 11.8 Å². The number of methoxy groups -OCH3 is 1. The van der Waals surface area contributed by atoms with Crippen LogP contribution in [0, 0.1) is 0 Å². The lowest BCUT2D eigenvalue weighted by molar-refractivity contribution is -0.125. The minimum atomic E-state index is -0.851. The number of ether oxygens (including phenoxy) is 2. The van der Waals surface area contributed by atoms with Crippen LogP contribution in [0.3, 0.4) is 0 Å². The molecule has 0 aliphatic carbocycles. The number of hydrogen-bond acceptors (Lipinski definition) is 5. The number of benzene rings is 3. The highest BCUT2D eigenvalue weighted by molar-refractivity contribution is 8.00. The van der Waals surface area contributed by atoms with E-state index in [0.717, 1.165) is 27.1 Å². The number of nitrogens with zero attached hydrogens (tertiary/aromatic N) is 2. The average molecular weight is 516 g/mol. The monoisotopic (exact) mass is 515 g/mol. The van der Waals surface area contributed by atoms with Crippen LogP contribution in [0.4, 0.5) is 5.69 Å². The number of para-hydroxylation sites is 2. The summed E-state index contributed by atoms with van der Waals surface area (Å²) in [6, 6.07) is 22.1. The molecule has 5 rings (SSSR count). The first kappa shape index (κ1) is 24.8. The van der Waals surface area contributed by atoms with Gasteiger partial charge in [0, 0.05) is 41.3 Å². The molecule has 1 N–H and O–H groups in total. The number of thioether (sulfide) groups is 1. The molecule has 190 valence electrons. The molecule has 1 aromatic heterocycles. The molecule has 7 nitrogen and oxygen atoms in total. The Hall–Kier alpha value is -3.91. The van der Waals surface area contributed by atoms with E-state index >= 15 is 0 Å². The Kier molecular flexibility index (Phi) is 7.10. The fourth-order valence-corrected chi connectivity index (χ4v) is 5.92. The molecule has 0 saturated heterocycles. The maximum absolute atomic E-state index is 14.0. The number of rotatable bonds is 7. The van der Waals surface area contributed by atoms with Crippen molar-refractivity contribution in [2.75, 3.05) is 24.4 Å². The lowest BCUT2D eigenvalue weighted by Gasteiger charge is -2.30. The maximum Gasteiger partial charge on any atom is 0.248 e. The summed E-state index contributed by atoms with van der Waals surface area (Å²) in [6.45, 7) is 2.75. The molecule has 0 saturated carbocycles. The van der Waals surface area contributed by atoms with Crippen LogP contribution in [0.1, 0.15) is 24.1 Å². The Balaban J connectivity index is 1.61. The van der Waals surface area contributed by atoms with Gasteiger partial charge >= 0.3 is 0 Å². The number of aryl methyl sites for hydroxylation is 1. The summed E-state index contributed by atoms with van der Waals surface area (Å²) in [4.78, 5) is 29.3. The van der Waals surface area contributed by atoms with Crippen LogP contribution in [-0.4, -0.2) is 35.9 Å². The van der Waals surface area contributed by atoms with Crippen molar-refractivity contribution in [2.45, 2.75) is 24.5 Å². The van der Waals surface area contributed by atoms with E-state index in [0.29, 0.717) is 23.8 Å².